The molecule has 3 atom stereocenters. The van der Waals surface area contributed by atoms with Gasteiger partial charge in [-0.2, -0.15) is 0 Å². The van der Waals surface area contributed by atoms with Gasteiger partial charge in [-0.25, -0.2) is 4.90 Å². The number of benzene rings is 3. The molecule has 0 saturated carbocycles. The predicted molar refractivity (Wildman–Crippen MR) is 154 cm³/mol. The van der Waals surface area contributed by atoms with Crippen LogP contribution in [-0.2, 0) is 16.2 Å². The van der Waals surface area contributed by atoms with E-state index in [1.54, 1.807) is 54.6 Å². The van der Waals surface area contributed by atoms with Crippen molar-refractivity contribution in [2.75, 3.05) is 4.90 Å². The number of carbonyl (C=O) groups is 2. The molecule has 1 N–H and O–H groups in total. The SMILES string of the molecule is O=C1[C@H]2[C@H](c3cc(Cl)ccc3OCc3ccc(Cl)cc3)c3sc(=O)[nH]c3S[C@H]2C(=O)N1c1ccc(Br)cc1. The average molecular weight is 648 g/mol. The number of carbonyl (C=O) groups excluding carboxylic acids is 2. The fourth-order valence-electron chi connectivity index (χ4n) is 4.83. The first-order chi connectivity index (χ1) is 18.3. The maximum absolute atomic E-state index is 14.0. The number of hydrogen-bond acceptors (Lipinski definition) is 6. The smallest absolute Gasteiger partial charge is 0.305 e. The van der Waals surface area contributed by atoms with Gasteiger partial charge in [0.25, 0.3) is 0 Å². The van der Waals surface area contributed by atoms with Crippen LogP contribution in [0.2, 0.25) is 10.0 Å². The number of thiazole rings is 1. The number of hydrogen-bond donors (Lipinski definition) is 1. The fraction of sp³-hybridized carbons (Fsp3) is 0.148. The molecule has 0 radical (unpaired) electrons. The Kier molecular flexibility index (Phi) is 6.90. The van der Waals surface area contributed by atoms with Crippen molar-refractivity contribution < 1.29 is 14.3 Å². The first-order valence-electron chi connectivity index (χ1n) is 11.5. The second-order valence-electron chi connectivity index (χ2n) is 8.84. The molecule has 3 aromatic carbocycles. The Morgan fingerprint density at radius 2 is 1.63 bits per heavy atom. The molecule has 4 aromatic rings. The molecule has 2 amide bonds. The highest BCUT2D eigenvalue weighted by Crippen LogP contribution is 2.54. The molecule has 1 saturated heterocycles. The Morgan fingerprint density at radius 3 is 2.37 bits per heavy atom. The highest BCUT2D eigenvalue weighted by Gasteiger charge is 2.56. The molecule has 2 aliphatic heterocycles. The van der Waals surface area contributed by atoms with Crippen molar-refractivity contribution in [3.63, 3.8) is 0 Å². The maximum atomic E-state index is 14.0. The third-order valence-electron chi connectivity index (χ3n) is 6.52. The second kappa shape index (κ2) is 10.2. The van der Waals surface area contributed by atoms with Crippen LogP contribution in [0.5, 0.6) is 5.75 Å². The minimum atomic E-state index is -0.744. The lowest BCUT2D eigenvalue weighted by atomic mass is 9.82. The summed E-state index contributed by atoms with van der Waals surface area (Å²) in [6, 6.07) is 19.6. The van der Waals surface area contributed by atoms with Gasteiger partial charge >= 0.3 is 4.87 Å². The van der Waals surface area contributed by atoms with E-state index in [9.17, 15) is 14.4 Å². The van der Waals surface area contributed by atoms with Crippen molar-refractivity contribution in [3.8, 4) is 5.75 Å². The molecular weight excluding hydrogens is 631 g/mol. The number of anilines is 1. The number of rotatable bonds is 5. The van der Waals surface area contributed by atoms with Gasteiger partial charge in [0, 0.05) is 30.9 Å². The van der Waals surface area contributed by atoms with Crippen molar-refractivity contribution >= 4 is 79.7 Å². The standard InChI is InChI=1S/C27H17BrCl2N2O4S2/c28-14-3-8-17(9-4-14)32-25(33)21-20(22-24(31-27(35)38-22)37-23(21)26(32)34)18-11-16(30)7-10-19(18)36-12-13-1-5-15(29)6-2-13/h1-11,20-21,23H,12H2,(H,31,35)/t20-,21-,23+/m0/s1. The van der Waals surface area contributed by atoms with Crippen molar-refractivity contribution in [1.82, 2.24) is 4.98 Å². The second-order valence-corrected chi connectivity index (χ2v) is 12.8. The number of imide groups is 1. The van der Waals surface area contributed by atoms with Crippen LogP contribution < -0.4 is 14.5 Å². The van der Waals surface area contributed by atoms with Crippen LogP contribution in [0.4, 0.5) is 5.69 Å². The lowest BCUT2D eigenvalue weighted by Crippen LogP contribution is -2.32. The molecule has 192 valence electrons. The Morgan fingerprint density at radius 1 is 0.921 bits per heavy atom. The molecular formula is C27H17BrCl2N2O4S2. The van der Waals surface area contributed by atoms with E-state index in [4.69, 9.17) is 27.9 Å². The van der Waals surface area contributed by atoms with Crippen LogP contribution in [0, 0.1) is 5.92 Å². The highest BCUT2D eigenvalue weighted by molar-refractivity contribution is 9.10. The molecule has 6 nitrogen and oxygen atoms in total. The van der Waals surface area contributed by atoms with Gasteiger partial charge < -0.3 is 9.72 Å². The lowest BCUT2D eigenvalue weighted by molar-refractivity contribution is -0.122. The molecule has 0 bridgehead atoms. The molecule has 1 fully saturated rings. The predicted octanol–water partition coefficient (Wildman–Crippen LogP) is 6.88. The van der Waals surface area contributed by atoms with Gasteiger partial charge in [0.05, 0.1) is 16.6 Å². The minimum absolute atomic E-state index is 0.247. The summed E-state index contributed by atoms with van der Waals surface area (Å²) in [5.41, 5.74) is 2.06. The number of fused-ring (bicyclic) bond motifs is 2. The first kappa shape index (κ1) is 25.7. The summed E-state index contributed by atoms with van der Waals surface area (Å²) in [5.74, 6) is -1.47. The molecule has 2 aliphatic rings. The Balaban J connectivity index is 1.44. The topological polar surface area (TPSA) is 79.5 Å². The highest BCUT2D eigenvalue weighted by atomic mass is 79.9. The quantitative estimate of drug-likeness (QED) is 0.239. The van der Waals surface area contributed by atoms with E-state index in [1.807, 2.05) is 12.1 Å². The van der Waals surface area contributed by atoms with Gasteiger partial charge in [-0.05, 0) is 60.2 Å². The van der Waals surface area contributed by atoms with E-state index >= 15 is 0 Å². The van der Waals surface area contributed by atoms with Crippen molar-refractivity contribution in [2.24, 2.45) is 5.92 Å². The van der Waals surface area contributed by atoms with Gasteiger partial charge in [-0.1, -0.05) is 74.4 Å². The third kappa shape index (κ3) is 4.60. The number of halogens is 3. The Labute approximate surface area is 244 Å². The molecule has 0 unspecified atom stereocenters. The molecule has 11 heteroatoms. The van der Waals surface area contributed by atoms with Crippen molar-refractivity contribution in [3.05, 3.63) is 107 Å². The van der Waals surface area contributed by atoms with E-state index in [1.165, 1.54) is 16.7 Å². The summed E-state index contributed by atoms with van der Waals surface area (Å²) >= 11 is 18.1. The summed E-state index contributed by atoms with van der Waals surface area (Å²) in [6.45, 7) is 0.259. The molecule has 1 aromatic heterocycles. The maximum Gasteiger partial charge on any atom is 0.305 e. The number of nitrogens with one attached hydrogen (secondary N) is 1. The number of aromatic nitrogens is 1. The number of H-pyrrole nitrogens is 1. The van der Waals surface area contributed by atoms with Gasteiger partial charge in [0.2, 0.25) is 11.8 Å². The van der Waals surface area contributed by atoms with Gasteiger partial charge in [-0.15, -0.1) is 0 Å². The normalized spacial score (nSPS) is 20.4. The summed E-state index contributed by atoms with van der Waals surface area (Å²) in [5, 5.41) is 0.964. The number of ether oxygens (including phenoxy) is 1. The zero-order valence-corrected chi connectivity index (χ0v) is 24.1. The summed E-state index contributed by atoms with van der Waals surface area (Å²) in [7, 11) is 0. The summed E-state index contributed by atoms with van der Waals surface area (Å²) < 4.78 is 7.06. The van der Waals surface area contributed by atoms with Gasteiger partial charge in [0.1, 0.15) is 17.6 Å². The average Bonchev–Trinajstić information content (AvgIpc) is 3.39. The van der Waals surface area contributed by atoms with Crippen LogP contribution in [0.3, 0.4) is 0 Å². The first-order valence-corrected chi connectivity index (χ1v) is 14.7. The van der Waals surface area contributed by atoms with Crippen molar-refractivity contribution in [1.29, 1.82) is 0 Å². The number of nitrogens with zero attached hydrogens (tertiary/aromatic N) is 1. The number of amides is 2. The van der Waals surface area contributed by atoms with E-state index < -0.39 is 17.1 Å². The number of aromatic amines is 1. The molecule has 6 rings (SSSR count). The Hall–Kier alpha value is -2.56. The number of thioether (sulfide) groups is 1. The van der Waals surface area contributed by atoms with E-state index in [0.29, 0.717) is 36.9 Å². The summed E-state index contributed by atoms with van der Waals surface area (Å²) in [4.78, 5) is 44.6. The zero-order valence-electron chi connectivity index (χ0n) is 19.3. The largest absolute Gasteiger partial charge is 0.489 e. The van der Waals surface area contributed by atoms with Crippen LogP contribution >= 0.6 is 62.2 Å². The monoisotopic (exact) mass is 646 g/mol. The zero-order chi connectivity index (χ0) is 26.6. The van der Waals surface area contributed by atoms with Crippen LogP contribution in [0.25, 0.3) is 0 Å². The molecule has 38 heavy (non-hydrogen) atoms. The van der Waals surface area contributed by atoms with Crippen LogP contribution in [0.15, 0.2) is 81.0 Å². The molecule has 3 heterocycles. The third-order valence-corrected chi connectivity index (χ3v) is 9.94. The molecule has 0 spiro atoms. The Bertz CT molecular complexity index is 1620. The van der Waals surface area contributed by atoms with Gasteiger partial charge in [-0.3, -0.25) is 14.4 Å². The van der Waals surface area contributed by atoms with Crippen molar-refractivity contribution in [2.45, 2.75) is 22.8 Å². The van der Waals surface area contributed by atoms with Gasteiger partial charge in [0.15, 0.2) is 0 Å². The summed E-state index contributed by atoms with van der Waals surface area (Å²) in [6.07, 6.45) is 0. The van der Waals surface area contributed by atoms with Crippen LogP contribution in [-0.4, -0.2) is 22.0 Å². The lowest BCUT2D eigenvalue weighted by Gasteiger charge is -2.31. The van der Waals surface area contributed by atoms with Crippen LogP contribution in [0.1, 0.15) is 21.9 Å². The van der Waals surface area contributed by atoms with E-state index in [0.717, 1.165) is 21.4 Å². The minimum Gasteiger partial charge on any atom is -0.489 e. The van der Waals surface area contributed by atoms with E-state index in [2.05, 4.69) is 20.9 Å². The fourth-order valence-corrected chi connectivity index (χ4v) is 7.91. The molecule has 0 aliphatic carbocycles. The van der Waals surface area contributed by atoms with E-state index in [-0.39, 0.29) is 23.3 Å².